The molecule has 1 heterocycles. The molecule has 0 radical (unpaired) electrons. The molecule has 3 nitrogen and oxygen atoms in total. The van der Waals surface area contributed by atoms with Gasteiger partial charge in [-0.05, 0) is 50.2 Å². The van der Waals surface area contributed by atoms with Crippen LogP contribution in [0, 0.1) is 0 Å². The predicted molar refractivity (Wildman–Crippen MR) is 79.2 cm³/mol. The lowest BCUT2D eigenvalue weighted by Crippen LogP contribution is -2.48. The molecule has 1 rings (SSSR count). The zero-order valence-corrected chi connectivity index (χ0v) is 13.0. The van der Waals surface area contributed by atoms with Crippen molar-refractivity contribution in [3.8, 4) is 0 Å². The highest BCUT2D eigenvalue weighted by Crippen LogP contribution is 2.11. The van der Waals surface area contributed by atoms with E-state index in [1.54, 1.807) is 18.4 Å². The van der Waals surface area contributed by atoms with Crippen molar-refractivity contribution < 1.29 is 4.74 Å². The summed E-state index contributed by atoms with van der Waals surface area (Å²) in [6.45, 7) is 9.24. The summed E-state index contributed by atoms with van der Waals surface area (Å²) in [5.74, 6) is 0. The lowest BCUT2D eigenvalue weighted by atomic mass is 10.1. The minimum absolute atomic E-state index is 0.148. The Balaban J connectivity index is 2.49. The molecule has 0 spiro atoms. The topological polar surface area (TPSA) is 24.5 Å². The van der Waals surface area contributed by atoms with E-state index in [1.165, 1.54) is 5.56 Å². The van der Waals surface area contributed by atoms with Gasteiger partial charge in [0.2, 0.25) is 0 Å². The molecule has 1 aromatic heterocycles. The third-order valence-corrected chi connectivity index (χ3v) is 3.59. The second-order valence-corrected chi connectivity index (χ2v) is 6.57. The first-order valence-corrected chi connectivity index (χ1v) is 7.32. The number of ether oxygens (including phenoxy) is 1. The van der Waals surface area contributed by atoms with Crippen molar-refractivity contribution in [3.05, 3.63) is 22.4 Å². The van der Waals surface area contributed by atoms with Gasteiger partial charge in [0.05, 0.1) is 6.61 Å². The third kappa shape index (κ3) is 5.96. The normalized spacial score (nSPS) is 14.1. The summed E-state index contributed by atoms with van der Waals surface area (Å²) >= 11 is 1.75. The van der Waals surface area contributed by atoms with Gasteiger partial charge in [0.1, 0.15) is 0 Å². The molecule has 18 heavy (non-hydrogen) atoms. The van der Waals surface area contributed by atoms with Crippen LogP contribution in [0.4, 0.5) is 0 Å². The first-order chi connectivity index (χ1) is 8.42. The van der Waals surface area contributed by atoms with Crippen molar-refractivity contribution >= 4 is 11.3 Å². The highest BCUT2D eigenvalue weighted by atomic mass is 32.1. The van der Waals surface area contributed by atoms with Gasteiger partial charge in [-0.2, -0.15) is 11.3 Å². The first-order valence-electron chi connectivity index (χ1n) is 6.37. The van der Waals surface area contributed by atoms with Gasteiger partial charge in [0.25, 0.3) is 0 Å². The van der Waals surface area contributed by atoms with E-state index in [1.807, 2.05) is 0 Å². The molecule has 0 amide bonds. The molecular weight excluding hydrogens is 244 g/mol. The van der Waals surface area contributed by atoms with Crippen LogP contribution in [-0.4, -0.2) is 43.8 Å². The SMILES string of the molecule is COCC(CNC(C)(C)C)N(C)Cc1ccsc1. The lowest BCUT2D eigenvalue weighted by Gasteiger charge is -2.31. The van der Waals surface area contributed by atoms with Crippen molar-refractivity contribution in [1.82, 2.24) is 10.2 Å². The summed E-state index contributed by atoms with van der Waals surface area (Å²) in [4.78, 5) is 2.35. The molecule has 104 valence electrons. The summed E-state index contributed by atoms with van der Waals surface area (Å²) in [5, 5.41) is 7.88. The Hall–Kier alpha value is -0.420. The Morgan fingerprint density at radius 3 is 2.67 bits per heavy atom. The van der Waals surface area contributed by atoms with Crippen molar-refractivity contribution in [2.75, 3.05) is 27.3 Å². The van der Waals surface area contributed by atoms with E-state index < -0.39 is 0 Å². The van der Waals surface area contributed by atoms with Gasteiger partial charge in [0.15, 0.2) is 0 Å². The summed E-state index contributed by atoms with van der Waals surface area (Å²) in [6, 6.07) is 2.58. The van der Waals surface area contributed by atoms with Crippen LogP contribution in [-0.2, 0) is 11.3 Å². The van der Waals surface area contributed by atoms with E-state index in [0.29, 0.717) is 6.04 Å². The second kappa shape index (κ2) is 7.24. The molecule has 0 aliphatic carbocycles. The molecule has 1 aromatic rings. The van der Waals surface area contributed by atoms with Gasteiger partial charge in [-0.3, -0.25) is 4.90 Å². The van der Waals surface area contributed by atoms with Gasteiger partial charge in [0, 0.05) is 31.8 Å². The van der Waals surface area contributed by atoms with Gasteiger partial charge >= 0.3 is 0 Å². The molecule has 0 bridgehead atoms. The maximum atomic E-state index is 5.33. The minimum atomic E-state index is 0.148. The predicted octanol–water partition coefficient (Wildman–Crippen LogP) is 2.58. The Bertz CT molecular complexity index is 319. The van der Waals surface area contributed by atoms with Crippen molar-refractivity contribution in [2.45, 2.75) is 38.9 Å². The fourth-order valence-corrected chi connectivity index (χ4v) is 2.42. The summed E-state index contributed by atoms with van der Waals surface area (Å²) in [6.07, 6.45) is 0. The number of rotatable bonds is 7. The minimum Gasteiger partial charge on any atom is -0.383 e. The number of likely N-dealkylation sites (N-methyl/N-ethyl adjacent to an activating group) is 1. The maximum absolute atomic E-state index is 5.33. The molecule has 0 aliphatic heterocycles. The van der Waals surface area contributed by atoms with Crippen molar-refractivity contribution in [3.63, 3.8) is 0 Å². The van der Waals surface area contributed by atoms with E-state index in [2.05, 4.69) is 54.9 Å². The van der Waals surface area contributed by atoms with E-state index in [-0.39, 0.29) is 5.54 Å². The van der Waals surface area contributed by atoms with Crippen LogP contribution in [0.2, 0.25) is 0 Å². The first kappa shape index (κ1) is 15.6. The summed E-state index contributed by atoms with van der Waals surface area (Å²) < 4.78 is 5.33. The Morgan fingerprint density at radius 2 is 2.17 bits per heavy atom. The Morgan fingerprint density at radius 1 is 1.44 bits per heavy atom. The van der Waals surface area contributed by atoms with Crippen molar-refractivity contribution in [1.29, 1.82) is 0 Å². The number of nitrogens with zero attached hydrogens (tertiary/aromatic N) is 1. The fourth-order valence-electron chi connectivity index (χ4n) is 1.76. The second-order valence-electron chi connectivity index (χ2n) is 5.79. The molecule has 0 aliphatic rings. The summed E-state index contributed by atoms with van der Waals surface area (Å²) in [5.41, 5.74) is 1.52. The average Bonchev–Trinajstić information content (AvgIpc) is 2.75. The van der Waals surface area contributed by atoms with Crippen LogP contribution in [0.15, 0.2) is 16.8 Å². The highest BCUT2D eigenvalue weighted by molar-refractivity contribution is 7.07. The van der Waals surface area contributed by atoms with Gasteiger partial charge in [-0.1, -0.05) is 0 Å². The molecule has 0 saturated heterocycles. The molecule has 4 heteroatoms. The average molecular weight is 270 g/mol. The molecule has 0 saturated carbocycles. The number of nitrogens with one attached hydrogen (secondary N) is 1. The molecule has 1 unspecified atom stereocenters. The van der Waals surface area contributed by atoms with Gasteiger partial charge < -0.3 is 10.1 Å². The smallest absolute Gasteiger partial charge is 0.0630 e. The van der Waals surface area contributed by atoms with Crippen LogP contribution in [0.1, 0.15) is 26.3 Å². The lowest BCUT2D eigenvalue weighted by molar-refractivity contribution is 0.0973. The van der Waals surface area contributed by atoms with Crippen LogP contribution >= 0.6 is 11.3 Å². The van der Waals surface area contributed by atoms with Gasteiger partial charge in [-0.15, -0.1) is 0 Å². The molecule has 1 N–H and O–H groups in total. The Labute approximate surface area is 115 Å². The largest absolute Gasteiger partial charge is 0.383 e. The highest BCUT2D eigenvalue weighted by Gasteiger charge is 2.18. The van der Waals surface area contributed by atoms with Gasteiger partial charge in [-0.25, -0.2) is 0 Å². The third-order valence-electron chi connectivity index (χ3n) is 2.86. The molecule has 0 aromatic carbocycles. The molecule has 1 atom stereocenters. The number of hydrogen-bond donors (Lipinski definition) is 1. The number of hydrogen-bond acceptors (Lipinski definition) is 4. The van der Waals surface area contributed by atoms with Crippen LogP contribution in [0.25, 0.3) is 0 Å². The van der Waals surface area contributed by atoms with Crippen LogP contribution < -0.4 is 5.32 Å². The quantitative estimate of drug-likeness (QED) is 0.824. The number of methoxy groups -OCH3 is 1. The fraction of sp³-hybridized carbons (Fsp3) is 0.714. The van der Waals surface area contributed by atoms with Crippen LogP contribution in [0.3, 0.4) is 0 Å². The monoisotopic (exact) mass is 270 g/mol. The zero-order valence-electron chi connectivity index (χ0n) is 12.2. The molecular formula is C14H26N2OS. The molecule has 0 fully saturated rings. The zero-order chi connectivity index (χ0) is 13.6. The Kier molecular flexibility index (Phi) is 6.29. The summed E-state index contributed by atoms with van der Waals surface area (Å²) in [7, 11) is 3.92. The van der Waals surface area contributed by atoms with E-state index in [4.69, 9.17) is 4.74 Å². The number of thiophene rings is 1. The standard InChI is InChI=1S/C14H26N2OS/c1-14(2,3)15-8-13(10-17-5)16(4)9-12-6-7-18-11-12/h6-7,11,13,15H,8-10H2,1-5H3. The maximum Gasteiger partial charge on any atom is 0.0630 e. The van der Waals surface area contributed by atoms with E-state index in [0.717, 1.165) is 19.7 Å². The van der Waals surface area contributed by atoms with E-state index >= 15 is 0 Å². The van der Waals surface area contributed by atoms with Crippen LogP contribution in [0.5, 0.6) is 0 Å². The van der Waals surface area contributed by atoms with E-state index in [9.17, 15) is 0 Å². The van der Waals surface area contributed by atoms with Crippen molar-refractivity contribution in [2.24, 2.45) is 0 Å².